The van der Waals surface area contributed by atoms with E-state index in [2.05, 4.69) is 0 Å². The maximum absolute atomic E-state index is 12.3. The van der Waals surface area contributed by atoms with E-state index in [1.54, 1.807) is 32.3 Å². The van der Waals surface area contributed by atoms with Crippen molar-refractivity contribution in [3.8, 4) is 11.5 Å². The van der Waals surface area contributed by atoms with Crippen LogP contribution in [0.4, 0.5) is 5.69 Å². The van der Waals surface area contributed by atoms with Crippen molar-refractivity contribution in [1.82, 2.24) is 4.90 Å². The van der Waals surface area contributed by atoms with Gasteiger partial charge in [0.1, 0.15) is 13.2 Å². The van der Waals surface area contributed by atoms with Gasteiger partial charge >= 0.3 is 5.97 Å². The van der Waals surface area contributed by atoms with Crippen LogP contribution in [0.5, 0.6) is 11.5 Å². The van der Waals surface area contributed by atoms with Gasteiger partial charge in [-0.3, -0.25) is 14.4 Å². The first-order valence-electron chi connectivity index (χ1n) is 8.02. The first kappa shape index (κ1) is 17.1. The van der Waals surface area contributed by atoms with Crippen molar-refractivity contribution in [3.05, 3.63) is 18.2 Å². The number of rotatable bonds is 4. The molecule has 1 fully saturated rings. The molecular weight excluding hydrogens is 328 g/mol. The Kier molecular flexibility index (Phi) is 4.78. The Labute approximate surface area is 145 Å². The second-order valence-electron chi connectivity index (χ2n) is 6.13. The highest BCUT2D eigenvalue weighted by atomic mass is 16.6. The molecule has 0 bridgehead atoms. The summed E-state index contributed by atoms with van der Waals surface area (Å²) in [6.45, 7) is 0.849. The third-order valence-corrected chi connectivity index (χ3v) is 4.13. The SMILES string of the molecule is CN(C)C(=O)COC(=O)[C@H]1CC(=O)N(c2ccc3c(c2)OCCO3)C1. The smallest absolute Gasteiger partial charge is 0.311 e. The first-order valence-corrected chi connectivity index (χ1v) is 8.02. The molecule has 8 heteroatoms. The van der Waals surface area contributed by atoms with Gasteiger partial charge in [0, 0.05) is 38.8 Å². The first-order chi connectivity index (χ1) is 12.0. The molecule has 0 radical (unpaired) electrons. The largest absolute Gasteiger partial charge is 0.486 e. The number of esters is 1. The molecule has 0 unspecified atom stereocenters. The fraction of sp³-hybridized carbons (Fsp3) is 0.471. The standard InChI is InChI=1S/C17H20N2O6/c1-18(2)16(21)10-25-17(22)11-7-15(20)19(9-11)12-3-4-13-14(8-12)24-6-5-23-13/h3-4,8,11H,5-7,9-10H2,1-2H3/t11-/m0/s1. The maximum Gasteiger partial charge on any atom is 0.311 e. The lowest BCUT2D eigenvalue weighted by molar-refractivity contribution is -0.154. The van der Waals surface area contributed by atoms with E-state index in [9.17, 15) is 14.4 Å². The fourth-order valence-electron chi connectivity index (χ4n) is 2.69. The number of ether oxygens (including phenoxy) is 3. The second-order valence-corrected chi connectivity index (χ2v) is 6.13. The van der Waals surface area contributed by atoms with E-state index in [1.807, 2.05) is 0 Å². The number of anilines is 1. The topological polar surface area (TPSA) is 85.4 Å². The normalized spacial score (nSPS) is 18.9. The molecule has 2 aliphatic rings. The number of benzene rings is 1. The molecule has 2 amide bonds. The van der Waals surface area contributed by atoms with Crippen LogP contribution < -0.4 is 14.4 Å². The molecule has 0 aromatic heterocycles. The second kappa shape index (κ2) is 7.00. The Morgan fingerprint density at radius 2 is 1.96 bits per heavy atom. The number of nitrogens with zero attached hydrogens (tertiary/aromatic N) is 2. The van der Waals surface area contributed by atoms with Gasteiger partial charge in [-0.2, -0.15) is 0 Å². The van der Waals surface area contributed by atoms with Crippen LogP contribution in [-0.4, -0.2) is 63.1 Å². The van der Waals surface area contributed by atoms with Crippen LogP contribution >= 0.6 is 0 Å². The van der Waals surface area contributed by atoms with Crippen LogP contribution in [0.25, 0.3) is 0 Å². The van der Waals surface area contributed by atoms with Crippen LogP contribution in [0, 0.1) is 5.92 Å². The van der Waals surface area contributed by atoms with Gasteiger partial charge in [0.15, 0.2) is 18.1 Å². The minimum absolute atomic E-state index is 0.0590. The Morgan fingerprint density at radius 1 is 1.24 bits per heavy atom. The highest BCUT2D eigenvalue weighted by Crippen LogP contribution is 2.36. The Hall–Kier alpha value is -2.77. The van der Waals surface area contributed by atoms with Crippen LogP contribution in [0.15, 0.2) is 18.2 Å². The van der Waals surface area contributed by atoms with Gasteiger partial charge in [-0.15, -0.1) is 0 Å². The molecule has 25 heavy (non-hydrogen) atoms. The van der Waals surface area contributed by atoms with Gasteiger partial charge < -0.3 is 24.0 Å². The van der Waals surface area contributed by atoms with Crippen molar-refractivity contribution in [2.24, 2.45) is 5.92 Å². The zero-order valence-electron chi connectivity index (χ0n) is 14.2. The summed E-state index contributed by atoms with van der Waals surface area (Å²) < 4.78 is 16.0. The molecule has 0 spiro atoms. The Bertz CT molecular complexity index is 702. The predicted molar refractivity (Wildman–Crippen MR) is 87.5 cm³/mol. The summed E-state index contributed by atoms with van der Waals surface area (Å²) in [5, 5.41) is 0. The molecule has 8 nitrogen and oxygen atoms in total. The average Bonchev–Trinajstić information content (AvgIpc) is 3.00. The lowest BCUT2D eigenvalue weighted by atomic mass is 10.1. The molecule has 0 aliphatic carbocycles. The van der Waals surface area contributed by atoms with Crippen molar-refractivity contribution in [1.29, 1.82) is 0 Å². The third-order valence-electron chi connectivity index (χ3n) is 4.13. The summed E-state index contributed by atoms with van der Waals surface area (Å²) in [5.41, 5.74) is 0.647. The van der Waals surface area contributed by atoms with Gasteiger partial charge in [-0.1, -0.05) is 0 Å². The van der Waals surface area contributed by atoms with E-state index in [-0.39, 0.29) is 31.4 Å². The molecule has 1 saturated heterocycles. The zero-order chi connectivity index (χ0) is 18.0. The van der Waals surface area contributed by atoms with Gasteiger partial charge in [-0.05, 0) is 12.1 Å². The van der Waals surface area contributed by atoms with Crippen molar-refractivity contribution in [3.63, 3.8) is 0 Å². The quantitative estimate of drug-likeness (QED) is 0.734. The Morgan fingerprint density at radius 3 is 2.68 bits per heavy atom. The van der Waals surface area contributed by atoms with Gasteiger partial charge in [-0.25, -0.2) is 0 Å². The fourth-order valence-corrected chi connectivity index (χ4v) is 2.69. The van der Waals surface area contributed by atoms with E-state index in [0.29, 0.717) is 30.4 Å². The molecule has 1 aromatic rings. The number of fused-ring (bicyclic) bond motifs is 1. The number of carbonyl (C=O) groups is 3. The minimum Gasteiger partial charge on any atom is -0.486 e. The van der Waals surface area contributed by atoms with Crippen molar-refractivity contribution in [2.75, 3.05) is 45.4 Å². The van der Waals surface area contributed by atoms with E-state index < -0.39 is 11.9 Å². The van der Waals surface area contributed by atoms with E-state index in [0.717, 1.165) is 0 Å². The molecule has 3 rings (SSSR count). The summed E-state index contributed by atoms with van der Waals surface area (Å²) in [6.07, 6.45) is 0.0590. The van der Waals surface area contributed by atoms with Gasteiger partial charge in [0.25, 0.3) is 5.91 Å². The third kappa shape index (κ3) is 3.67. The molecule has 0 N–H and O–H groups in total. The van der Waals surface area contributed by atoms with Crippen molar-refractivity contribution in [2.45, 2.75) is 6.42 Å². The zero-order valence-corrected chi connectivity index (χ0v) is 14.2. The molecule has 134 valence electrons. The van der Waals surface area contributed by atoms with Crippen molar-refractivity contribution >= 4 is 23.5 Å². The van der Waals surface area contributed by atoms with Crippen LogP contribution in [-0.2, 0) is 19.1 Å². The van der Waals surface area contributed by atoms with Crippen LogP contribution in [0.3, 0.4) is 0 Å². The number of likely N-dealkylation sites (N-methyl/N-ethyl adjacent to an activating group) is 1. The monoisotopic (exact) mass is 348 g/mol. The van der Waals surface area contributed by atoms with E-state index in [4.69, 9.17) is 14.2 Å². The summed E-state index contributed by atoms with van der Waals surface area (Å²) in [5.74, 6) is -0.378. The average molecular weight is 348 g/mol. The molecule has 2 heterocycles. The van der Waals surface area contributed by atoms with Crippen LogP contribution in [0.1, 0.15) is 6.42 Å². The highest BCUT2D eigenvalue weighted by molar-refractivity contribution is 5.99. The molecule has 1 atom stereocenters. The lowest BCUT2D eigenvalue weighted by Crippen LogP contribution is -2.30. The van der Waals surface area contributed by atoms with Gasteiger partial charge in [0.05, 0.1) is 5.92 Å². The minimum atomic E-state index is -0.587. The predicted octanol–water partition coefficient (Wildman–Crippen LogP) is 0.442. The molecule has 2 aliphatic heterocycles. The van der Waals surface area contributed by atoms with E-state index in [1.165, 1.54) is 9.80 Å². The molecule has 1 aromatic carbocycles. The summed E-state index contributed by atoms with van der Waals surface area (Å²) in [6, 6.07) is 5.24. The summed E-state index contributed by atoms with van der Waals surface area (Å²) in [7, 11) is 3.16. The summed E-state index contributed by atoms with van der Waals surface area (Å²) in [4.78, 5) is 38.7. The van der Waals surface area contributed by atoms with Gasteiger partial charge in [0.2, 0.25) is 5.91 Å². The molecule has 0 saturated carbocycles. The molecular formula is C17H20N2O6. The van der Waals surface area contributed by atoms with E-state index >= 15 is 0 Å². The highest BCUT2D eigenvalue weighted by Gasteiger charge is 2.36. The Balaban J connectivity index is 1.64. The lowest BCUT2D eigenvalue weighted by Gasteiger charge is -2.22. The number of hydrogen-bond acceptors (Lipinski definition) is 6. The summed E-state index contributed by atoms with van der Waals surface area (Å²) >= 11 is 0. The van der Waals surface area contributed by atoms with Crippen molar-refractivity contribution < 1.29 is 28.6 Å². The number of carbonyl (C=O) groups excluding carboxylic acids is 3. The maximum atomic E-state index is 12.3. The number of hydrogen-bond donors (Lipinski definition) is 0. The van der Waals surface area contributed by atoms with Crippen LogP contribution in [0.2, 0.25) is 0 Å². The number of amides is 2.